The van der Waals surface area contributed by atoms with Gasteiger partial charge < -0.3 is 5.32 Å². The lowest BCUT2D eigenvalue weighted by Gasteiger charge is -2.09. The maximum Gasteiger partial charge on any atom is 0.417 e. The summed E-state index contributed by atoms with van der Waals surface area (Å²) in [6.07, 6.45) is -3.99. The van der Waals surface area contributed by atoms with Crippen LogP contribution >= 0.6 is 22.9 Å². The van der Waals surface area contributed by atoms with Gasteiger partial charge in [0.05, 0.1) is 29.2 Å². The molecule has 2 aromatic heterocycles. The molecule has 0 saturated carbocycles. The Balaban J connectivity index is 1.97. The van der Waals surface area contributed by atoms with Crippen molar-refractivity contribution in [2.75, 3.05) is 0 Å². The SMILES string of the molecule is O=C(Cc1ncc(C(F)(F)F)cc1Cl)NCc1cccs1. The van der Waals surface area contributed by atoms with Crippen molar-refractivity contribution < 1.29 is 18.0 Å². The number of carbonyl (C=O) groups is 1. The fourth-order valence-corrected chi connectivity index (χ4v) is 2.44. The van der Waals surface area contributed by atoms with E-state index in [4.69, 9.17) is 11.6 Å². The minimum absolute atomic E-state index is 0.119. The molecule has 21 heavy (non-hydrogen) atoms. The second kappa shape index (κ2) is 6.44. The first-order valence-electron chi connectivity index (χ1n) is 5.87. The molecule has 0 fully saturated rings. The van der Waals surface area contributed by atoms with E-state index < -0.39 is 11.7 Å². The van der Waals surface area contributed by atoms with Gasteiger partial charge in [-0.1, -0.05) is 17.7 Å². The molecule has 0 unspecified atom stereocenters. The molecule has 3 nitrogen and oxygen atoms in total. The zero-order chi connectivity index (χ0) is 15.5. The maximum absolute atomic E-state index is 12.5. The molecular formula is C13H10ClF3N2OS. The van der Waals surface area contributed by atoms with E-state index in [9.17, 15) is 18.0 Å². The molecule has 2 heterocycles. The zero-order valence-corrected chi connectivity index (χ0v) is 12.1. The zero-order valence-electron chi connectivity index (χ0n) is 10.6. The van der Waals surface area contributed by atoms with Crippen molar-refractivity contribution in [3.05, 3.63) is 50.9 Å². The van der Waals surface area contributed by atoms with Crippen LogP contribution in [0.5, 0.6) is 0 Å². The summed E-state index contributed by atoms with van der Waals surface area (Å²) in [6.45, 7) is 0.370. The average molecular weight is 335 g/mol. The Bertz CT molecular complexity index is 629. The Kier molecular flexibility index (Phi) is 4.84. The number of hydrogen-bond donors (Lipinski definition) is 1. The van der Waals surface area contributed by atoms with Crippen molar-refractivity contribution in [3.63, 3.8) is 0 Å². The van der Waals surface area contributed by atoms with Crippen molar-refractivity contribution in [1.29, 1.82) is 0 Å². The number of carbonyl (C=O) groups excluding carboxylic acids is 1. The van der Waals surface area contributed by atoms with Gasteiger partial charge >= 0.3 is 6.18 Å². The van der Waals surface area contributed by atoms with Crippen LogP contribution < -0.4 is 5.32 Å². The van der Waals surface area contributed by atoms with Crippen LogP contribution in [0.1, 0.15) is 16.1 Å². The minimum atomic E-state index is -4.50. The lowest BCUT2D eigenvalue weighted by atomic mass is 10.2. The van der Waals surface area contributed by atoms with Crippen LogP contribution in [0, 0.1) is 0 Å². The van der Waals surface area contributed by atoms with Gasteiger partial charge in [0.1, 0.15) is 0 Å². The summed E-state index contributed by atoms with van der Waals surface area (Å²) in [5.74, 6) is -0.349. The molecule has 0 saturated heterocycles. The number of thiophene rings is 1. The van der Waals surface area contributed by atoms with Crippen molar-refractivity contribution >= 4 is 28.8 Å². The highest BCUT2D eigenvalue weighted by molar-refractivity contribution is 7.09. The largest absolute Gasteiger partial charge is 0.417 e. The minimum Gasteiger partial charge on any atom is -0.351 e. The summed E-state index contributed by atoms with van der Waals surface area (Å²) in [6, 6.07) is 4.51. The predicted octanol–water partition coefficient (Wildman–Crippen LogP) is 3.67. The highest BCUT2D eigenvalue weighted by Crippen LogP contribution is 2.31. The molecule has 0 aliphatic rings. The number of hydrogen-bond acceptors (Lipinski definition) is 3. The first-order chi connectivity index (χ1) is 9.86. The molecule has 1 amide bonds. The number of nitrogens with one attached hydrogen (secondary N) is 1. The van der Waals surface area contributed by atoms with Crippen molar-refractivity contribution in [1.82, 2.24) is 10.3 Å². The topological polar surface area (TPSA) is 42.0 Å². The quantitative estimate of drug-likeness (QED) is 0.927. The first kappa shape index (κ1) is 15.8. The molecular weight excluding hydrogens is 325 g/mol. The first-order valence-corrected chi connectivity index (χ1v) is 7.12. The standard InChI is InChI=1S/C13H10ClF3N2OS/c14-10-4-8(13(15,16)17)6-18-11(10)5-12(20)19-7-9-2-1-3-21-9/h1-4,6H,5,7H2,(H,19,20). The van der Waals surface area contributed by atoms with Crippen LogP contribution in [0.3, 0.4) is 0 Å². The van der Waals surface area contributed by atoms with Gasteiger partial charge in [-0.2, -0.15) is 13.2 Å². The van der Waals surface area contributed by atoms with Crippen molar-refractivity contribution in [2.45, 2.75) is 19.1 Å². The van der Waals surface area contributed by atoms with Crippen LogP contribution in [0.4, 0.5) is 13.2 Å². The smallest absolute Gasteiger partial charge is 0.351 e. The predicted molar refractivity (Wildman–Crippen MR) is 74.1 cm³/mol. The molecule has 8 heteroatoms. The Morgan fingerprint density at radius 1 is 1.43 bits per heavy atom. The molecule has 0 bridgehead atoms. The maximum atomic E-state index is 12.5. The van der Waals surface area contributed by atoms with E-state index >= 15 is 0 Å². The van der Waals surface area contributed by atoms with Crippen molar-refractivity contribution in [2.24, 2.45) is 0 Å². The summed E-state index contributed by atoms with van der Waals surface area (Å²) in [5.41, 5.74) is -0.816. The Hall–Kier alpha value is -1.60. The number of halogens is 4. The van der Waals surface area contributed by atoms with Crippen molar-refractivity contribution in [3.8, 4) is 0 Å². The Morgan fingerprint density at radius 2 is 2.19 bits per heavy atom. The van der Waals surface area contributed by atoms with E-state index in [1.807, 2.05) is 17.5 Å². The van der Waals surface area contributed by atoms with Gasteiger partial charge in [0.25, 0.3) is 0 Å². The molecule has 0 aliphatic carbocycles. The second-order valence-electron chi connectivity index (χ2n) is 4.18. The molecule has 0 radical (unpaired) electrons. The highest BCUT2D eigenvalue weighted by Gasteiger charge is 2.31. The lowest BCUT2D eigenvalue weighted by Crippen LogP contribution is -2.24. The number of alkyl halides is 3. The van der Waals surface area contributed by atoms with Crippen LogP contribution in [0.2, 0.25) is 5.02 Å². The normalized spacial score (nSPS) is 11.4. The van der Waals surface area contributed by atoms with E-state index in [2.05, 4.69) is 10.3 Å². The lowest BCUT2D eigenvalue weighted by molar-refractivity contribution is -0.137. The van der Waals surface area contributed by atoms with E-state index in [0.29, 0.717) is 12.7 Å². The van der Waals surface area contributed by atoms with Gasteiger partial charge in [-0.05, 0) is 17.5 Å². The Morgan fingerprint density at radius 3 is 2.76 bits per heavy atom. The van der Waals surface area contributed by atoms with Gasteiger partial charge in [0, 0.05) is 11.1 Å². The molecule has 0 aliphatic heterocycles. The summed E-state index contributed by atoms with van der Waals surface area (Å²) >= 11 is 7.24. The van der Waals surface area contributed by atoms with Gasteiger partial charge in [0.15, 0.2) is 0 Å². The summed E-state index contributed by atoms with van der Waals surface area (Å²) < 4.78 is 37.4. The molecule has 2 aromatic rings. The summed E-state index contributed by atoms with van der Waals surface area (Å²) in [5, 5.41) is 4.37. The highest BCUT2D eigenvalue weighted by atomic mass is 35.5. The molecule has 0 spiro atoms. The van der Waals surface area contributed by atoms with Gasteiger partial charge in [-0.3, -0.25) is 9.78 Å². The molecule has 0 aromatic carbocycles. The Labute approximate surface area is 127 Å². The van der Waals surface area contributed by atoms with Gasteiger partial charge in [0.2, 0.25) is 5.91 Å². The molecule has 0 atom stereocenters. The number of pyridine rings is 1. The van der Waals surface area contributed by atoms with Crippen LogP contribution in [0.25, 0.3) is 0 Å². The van der Waals surface area contributed by atoms with E-state index in [0.717, 1.165) is 10.9 Å². The second-order valence-corrected chi connectivity index (χ2v) is 5.62. The van der Waals surface area contributed by atoms with Crippen LogP contribution in [0.15, 0.2) is 29.8 Å². The number of rotatable bonds is 4. The monoisotopic (exact) mass is 334 g/mol. The number of nitrogens with zero attached hydrogens (tertiary/aromatic N) is 1. The third-order valence-electron chi connectivity index (χ3n) is 2.61. The van der Waals surface area contributed by atoms with Gasteiger partial charge in [-0.15, -0.1) is 11.3 Å². The third kappa shape index (κ3) is 4.44. The third-order valence-corrected chi connectivity index (χ3v) is 3.82. The van der Waals surface area contributed by atoms with Gasteiger partial charge in [-0.25, -0.2) is 0 Å². The fourth-order valence-electron chi connectivity index (χ4n) is 1.56. The fraction of sp³-hybridized carbons (Fsp3) is 0.231. The molecule has 112 valence electrons. The number of amides is 1. The van der Waals surface area contributed by atoms with E-state index in [1.54, 1.807) is 0 Å². The molecule has 2 rings (SSSR count). The average Bonchev–Trinajstić information content (AvgIpc) is 2.91. The van der Waals surface area contributed by atoms with Crippen LogP contribution in [-0.4, -0.2) is 10.9 Å². The van der Waals surface area contributed by atoms with E-state index in [-0.39, 0.29) is 23.0 Å². The number of aromatic nitrogens is 1. The van der Waals surface area contributed by atoms with Crippen LogP contribution in [-0.2, 0) is 23.9 Å². The molecule has 1 N–H and O–H groups in total. The summed E-state index contributed by atoms with van der Waals surface area (Å²) in [4.78, 5) is 16.3. The van der Waals surface area contributed by atoms with E-state index in [1.165, 1.54) is 11.3 Å². The summed E-state index contributed by atoms with van der Waals surface area (Å²) in [7, 11) is 0.